The molecule has 0 aliphatic heterocycles. The maximum Gasteiger partial charge on any atom is 0.226 e. The second kappa shape index (κ2) is 9.03. The molecule has 0 aliphatic rings. The van der Waals surface area contributed by atoms with E-state index in [2.05, 4.69) is 19.9 Å². The van der Waals surface area contributed by atoms with Crippen molar-refractivity contribution in [2.75, 3.05) is 5.32 Å². The first-order valence-electron chi connectivity index (χ1n) is 9.20. The number of amides is 1. The second-order valence-electron chi connectivity index (χ2n) is 6.63. The van der Waals surface area contributed by atoms with Crippen LogP contribution in [0.2, 0.25) is 5.02 Å². The molecule has 4 aromatic rings. The molecule has 0 spiro atoms. The first-order chi connectivity index (χ1) is 14.2. The molecule has 5 nitrogen and oxygen atoms in total. The van der Waals surface area contributed by atoms with Crippen LogP contribution in [0, 0.1) is 0 Å². The average Bonchev–Trinajstić information content (AvgIpc) is 3.41. The molecule has 7 heteroatoms. The first kappa shape index (κ1) is 19.4. The van der Waals surface area contributed by atoms with Crippen molar-refractivity contribution in [2.24, 2.45) is 0 Å². The van der Waals surface area contributed by atoms with Gasteiger partial charge in [-0.2, -0.15) is 0 Å². The third-order valence-electron chi connectivity index (χ3n) is 4.55. The predicted molar refractivity (Wildman–Crippen MR) is 117 cm³/mol. The maximum atomic E-state index is 12.7. The predicted octanol–water partition coefficient (Wildman–Crippen LogP) is 5.47. The third kappa shape index (κ3) is 5.10. The molecule has 29 heavy (non-hydrogen) atoms. The van der Waals surface area contributed by atoms with Crippen LogP contribution < -0.4 is 5.32 Å². The van der Waals surface area contributed by atoms with E-state index in [-0.39, 0.29) is 11.8 Å². The molecular formula is C22H19ClN4OS. The Hall–Kier alpha value is -2.96. The van der Waals surface area contributed by atoms with Crippen molar-refractivity contribution >= 4 is 34.0 Å². The van der Waals surface area contributed by atoms with Crippen molar-refractivity contribution < 1.29 is 4.79 Å². The molecule has 0 unspecified atom stereocenters. The van der Waals surface area contributed by atoms with Gasteiger partial charge in [0.05, 0.1) is 5.69 Å². The summed E-state index contributed by atoms with van der Waals surface area (Å²) in [6.45, 7) is 0.707. The Morgan fingerprint density at radius 3 is 2.59 bits per heavy atom. The lowest BCUT2D eigenvalue weighted by molar-refractivity contribution is -0.116. The minimum atomic E-state index is -0.0703. The van der Waals surface area contributed by atoms with Gasteiger partial charge in [0.2, 0.25) is 5.91 Å². The molecule has 1 atom stereocenters. The number of hydrogen-bond donors (Lipinski definition) is 1. The van der Waals surface area contributed by atoms with Crippen LogP contribution in [0.3, 0.4) is 0 Å². The van der Waals surface area contributed by atoms with Crippen LogP contribution in [0.5, 0.6) is 0 Å². The lowest BCUT2D eigenvalue weighted by Crippen LogP contribution is -2.18. The van der Waals surface area contributed by atoms with E-state index in [4.69, 9.17) is 11.6 Å². The van der Waals surface area contributed by atoms with E-state index >= 15 is 0 Å². The van der Waals surface area contributed by atoms with Crippen LogP contribution in [-0.4, -0.2) is 20.4 Å². The number of halogens is 1. The number of benzene rings is 1. The standard InChI is InChI=1S/C22H19ClN4OS/c23-18-8-6-16(7-9-18)17(14-27-11-3-4-12-27)13-21(28)26-22-25-20(15-29-22)19-5-1-2-10-24-19/h1-12,15,17H,13-14H2,(H,25,26,28)/t17-/m0/s1. The summed E-state index contributed by atoms with van der Waals surface area (Å²) in [4.78, 5) is 21.5. The fraction of sp³-hybridized carbons (Fsp3) is 0.136. The zero-order valence-electron chi connectivity index (χ0n) is 15.5. The van der Waals surface area contributed by atoms with Gasteiger partial charge >= 0.3 is 0 Å². The fourth-order valence-electron chi connectivity index (χ4n) is 3.13. The molecule has 0 bridgehead atoms. The van der Waals surface area contributed by atoms with Crippen LogP contribution >= 0.6 is 22.9 Å². The van der Waals surface area contributed by atoms with Gasteiger partial charge in [0.25, 0.3) is 0 Å². The summed E-state index contributed by atoms with van der Waals surface area (Å²) < 4.78 is 2.08. The highest BCUT2D eigenvalue weighted by atomic mass is 35.5. The minimum absolute atomic E-state index is 0.0230. The van der Waals surface area contributed by atoms with Gasteiger partial charge in [-0.1, -0.05) is 29.8 Å². The van der Waals surface area contributed by atoms with Gasteiger partial charge in [-0.25, -0.2) is 4.98 Å². The SMILES string of the molecule is O=C(C[C@@H](Cn1cccc1)c1ccc(Cl)cc1)Nc1nc(-c2ccccn2)cs1. The Labute approximate surface area is 178 Å². The van der Waals surface area contributed by atoms with E-state index in [9.17, 15) is 4.79 Å². The number of pyridine rings is 1. The molecular weight excluding hydrogens is 404 g/mol. The Kier molecular flexibility index (Phi) is 6.03. The van der Waals surface area contributed by atoms with Crippen LogP contribution in [-0.2, 0) is 11.3 Å². The first-order valence-corrected chi connectivity index (χ1v) is 10.5. The third-order valence-corrected chi connectivity index (χ3v) is 5.56. The van der Waals surface area contributed by atoms with Gasteiger partial charge in [-0.3, -0.25) is 9.78 Å². The van der Waals surface area contributed by atoms with E-state index in [1.165, 1.54) is 11.3 Å². The van der Waals surface area contributed by atoms with E-state index in [1.807, 2.05) is 72.4 Å². The Balaban J connectivity index is 1.46. The van der Waals surface area contributed by atoms with E-state index in [1.54, 1.807) is 6.20 Å². The zero-order chi connectivity index (χ0) is 20.1. The second-order valence-corrected chi connectivity index (χ2v) is 7.93. The number of nitrogens with one attached hydrogen (secondary N) is 1. The number of carbonyl (C=O) groups is 1. The van der Waals surface area contributed by atoms with E-state index in [0.717, 1.165) is 17.0 Å². The molecule has 0 saturated heterocycles. The van der Waals surface area contributed by atoms with Gasteiger partial charge in [0.1, 0.15) is 5.69 Å². The van der Waals surface area contributed by atoms with Crippen LogP contribution in [0.1, 0.15) is 17.9 Å². The zero-order valence-corrected chi connectivity index (χ0v) is 17.1. The number of nitrogens with zero attached hydrogens (tertiary/aromatic N) is 3. The number of rotatable bonds is 7. The number of carbonyl (C=O) groups excluding carboxylic acids is 1. The summed E-state index contributed by atoms with van der Waals surface area (Å²) in [7, 11) is 0. The minimum Gasteiger partial charge on any atom is -0.354 e. The Morgan fingerprint density at radius 1 is 1.07 bits per heavy atom. The quantitative estimate of drug-likeness (QED) is 0.429. The molecule has 3 aromatic heterocycles. The van der Waals surface area contributed by atoms with E-state index < -0.39 is 0 Å². The number of hydrogen-bond acceptors (Lipinski definition) is 4. The van der Waals surface area contributed by atoms with Crippen LogP contribution in [0.25, 0.3) is 11.4 Å². The maximum absolute atomic E-state index is 12.7. The summed E-state index contributed by atoms with van der Waals surface area (Å²) in [5.41, 5.74) is 2.62. The van der Waals surface area contributed by atoms with Crippen LogP contribution in [0.4, 0.5) is 5.13 Å². The highest BCUT2D eigenvalue weighted by Crippen LogP contribution is 2.26. The number of aromatic nitrogens is 3. The lowest BCUT2D eigenvalue weighted by Gasteiger charge is -2.18. The number of thiazole rings is 1. The van der Waals surface area contributed by atoms with Crippen molar-refractivity contribution in [1.82, 2.24) is 14.5 Å². The van der Waals surface area contributed by atoms with Gasteiger partial charge < -0.3 is 9.88 Å². The molecule has 146 valence electrons. The van der Waals surface area contributed by atoms with Gasteiger partial charge in [-0.05, 0) is 42.0 Å². The molecule has 0 fully saturated rings. The molecule has 0 aliphatic carbocycles. The molecule has 0 radical (unpaired) electrons. The highest BCUT2D eigenvalue weighted by Gasteiger charge is 2.18. The smallest absolute Gasteiger partial charge is 0.226 e. The molecule has 1 amide bonds. The Bertz CT molecular complexity index is 1060. The van der Waals surface area contributed by atoms with Crippen molar-refractivity contribution in [1.29, 1.82) is 0 Å². The van der Waals surface area contributed by atoms with Crippen molar-refractivity contribution in [2.45, 2.75) is 18.9 Å². The van der Waals surface area contributed by atoms with Crippen molar-refractivity contribution in [3.05, 3.63) is 89.2 Å². The van der Waals surface area contributed by atoms with Crippen molar-refractivity contribution in [3.8, 4) is 11.4 Å². The molecule has 1 aromatic carbocycles. The molecule has 0 saturated carbocycles. The van der Waals surface area contributed by atoms with Gasteiger partial charge in [0.15, 0.2) is 5.13 Å². The average molecular weight is 423 g/mol. The van der Waals surface area contributed by atoms with Gasteiger partial charge in [0, 0.05) is 47.9 Å². The lowest BCUT2D eigenvalue weighted by atomic mass is 9.95. The number of anilines is 1. The summed E-state index contributed by atoms with van der Waals surface area (Å²) in [5.74, 6) is -0.0473. The van der Waals surface area contributed by atoms with Crippen LogP contribution in [0.15, 0.2) is 78.6 Å². The molecule has 3 heterocycles. The van der Waals surface area contributed by atoms with Crippen molar-refractivity contribution in [3.63, 3.8) is 0 Å². The summed E-state index contributed by atoms with van der Waals surface area (Å²) in [6.07, 6.45) is 6.07. The monoisotopic (exact) mass is 422 g/mol. The summed E-state index contributed by atoms with van der Waals surface area (Å²) >= 11 is 7.43. The normalized spacial score (nSPS) is 11.9. The van der Waals surface area contributed by atoms with Gasteiger partial charge in [-0.15, -0.1) is 11.3 Å². The fourth-order valence-corrected chi connectivity index (χ4v) is 3.97. The topological polar surface area (TPSA) is 59.8 Å². The summed E-state index contributed by atoms with van der Waals surface area (Å²) in [6, 6.07) is 17.3. The van der Waals surface area contributed by atoms with E-state index in [0.29, 0.717) is 23.1 Å². The molecule has 4 rings (SSSR count). The highest BCUT2D eigenvalue weighted by molar-refractivity contribution is 7.14. The molecule has 1 N–H and O–H groups in total. The summed E-state index contributed by atoms with van der Waals surface area (Å²) in [5, 5.41) is 6.08. The largest absolute Gasteiger partial charge is 0.354 e. The Morgan fingerprint density at radius 2 is 1.86 bits per heavy atom.